The lowest BCUT2D eigenvalue weighted by Crippen LogP contribution is -2.36. The lowest BCUT2D eigenvalue weighted by molar-refractivity contribution is 0.0818. The van der Waals surface area contributed by atoms with Gasteiger partial charge in [0.2, 0.25) is 0 Å². The van der Waals surface area contributed by atoms with E-state index in [0.717, 1.165) is 52.4 Å². The Labute approximate surface area is 131 Å². The number of rotatable bonds is 3. The summed E-state index contributed by atoms with van der Waals surface area (Å²) in [5.74, 6) is 0. The molecule has 0 heterocycles. The topological polar surface area (TPSA) is 49.5 Å². The van der Waals surface area contributed by atoms with Crippen LogP contribution in [0.3, 0.4) is 0 Å². The molecule has 0 saturated heterocycles. The molecule has 0 amide bonds. The van der Waals surface area contributed by atoms with Crippen molar-refractivity contribution in [3.63, 3.8) is 0 Å². The maximum Gasteiger partial charge on any atom is 0.0541 e. The number of halogens is 2. The number of hydrogen-bond donors (Lipinski definition) is 2. The van der Waals surface area contributed by atoms with Crippen molar-refractivity contribution in [2.45, 2.75) is 44.4 Å². The highest BCUT2D eigenvalue weighted by molar-refractivity contribution is 9.11. The molecular formula is C14H20Br2N2O. The van der Waals surface area contributed by atoms with Crippen LogP contribution in [0.4, 0.5) is 5.69 Å². The highest BCUT2D eigenvalue weighted by atomic mass is 79.9. The molecule has 0 aliphatic heterocycles. The van der Waals surface area contributed by atoms with Gasteiger partial charge in [-0.05, 0) is 66.4 Å². The van der Waals surface area contributed by atoms with E-state index in [1.54, 1.807) is 0 Å². The van der Waals surface area contributed by atoms with Gasteiger partial charge >= 0.3 is 0 Å². The third-order valence-corrected chi connectivity index (χ3v) is 5.00. The van der Waals surface area contributed by atoms with E-state index < -0.39 is 0 Å². The summed E-state index contributed by atoms with van der Waals surface area (Å²) < 4.78 is 1.97. The summed E-state index contributed by atoms with van der Waals surface area (Å²) in [6.07, 6.45) is 3.84. The zero-order valence-electron chi connectivity index (χ0n) is 11.1. The number of nitrogen functional groups attached to an aromatic ring is 1. The molecule has 0 atom stereocenters. The monoisotopic (exact) mass is 390 g/mol. The first-order chi connectivity index (χ1) is 8.97. The van der Waals surface area contributed by atoms with E-state index in [4.69, 9.17) is 5.73 Å². The molecule has 1 aromatic carbocycles. The minimum absolute atomic E-state index is 0.102. The summed E-state index contributed by atoms with van der Waals surface area (Å²) >= 11 is 6.99. The van der Waals surface area contributed by atoms with Crippen LogP contribution in [-0.2, 0) is 6.54 Å². The van der Waals surface area contributed by atoms with Gasteiger partial charge in [0.1, 0.15) is 0 Å². The number of aliphatic hydroxyl groups excluding tert-OH is 1. The molecule has 1 aliphatic rings. The Balaban J connectivity index is 2.04. The van der Waals surface area contributed by atoms with E-state index in [9.17, 15) is 5.11 Å². The third kappa shape index (κ3) is 3.94. The standard InChI is InChI=1S/C14H20Br2N2O/c1-18(11-2-4-12(19)5-3-11)8-9-6-10(15)7-13(16)14(9)17/h6-7,11-12,19H,2-5,8,17H2,1H3/t11-,12-. The zero-order chi connectivity index (χ0) is 14.0. The van der Waals surface area contributed by atoms with Crippen LogP contribution < -0.4 is 5.73 Å². The number of anilines is 1. The number of aliphatic hydroxyl groups is 1. The second-order valence-corrected chi connectivity index (χ2v) is 7.11. The van der Waals surface area contributed by atoms with Gasteiger partial charge in [0.25, 0.3) is 0 Å². The highest BCUT2D eigenvalue weighted by Crippen LogP contribution is 2.30. The van der Waals surface area contributed by atoms with Crippen LogP contribution in [0.2, 0.25) is 0 Å². The van der Waals surface area contributed by atoms with Crippen LogP contribution in [0.25, 0.3) is 0 Å². The van der Waals surface area contributed by atoms with E-state index in [0.29, 0.717) is 6.04 Å². The predicted molar refractivity (Wildman–Crippen MR) is 86.0 cm³/mol. The van der Waals surface area contributed by atoms with Crippen LogP contribution in [0.1, 0.15) is 31.2 Å². The van der Waals surface area contributed by atoms with Crippen LogP contribution in [0.15, 0.2) is 21.1 Å². The van der Waals surface area contributed by atoms with E-state index in [2.05, 4.69) is 49.9 Å². The Kier molecular flexibility index (Phi) is 5.29. The third-order valence-electron chi connectivity index (χ3n) is 3.89. The van der Waals surface area contributed by atoms with E-state index >= 15 is 0 Å². The molecule has 1 aromatic rings. The molecule has 2 rings (SSSR count). The second-order valence-electron chi connectivity index (χ2n) is 5.34. The van der Waals surface area contributed by atoms with E-state index in [1.165, 1.54) is 0 Å². The largest absolute Gasteiger partial charge is 0.398 e. The predicted octanol–water partition coefficient (Wildman–Crippen LogP) is 3.53. The molecule has 5 heteroatoms. The fraction of sp³-hybridized carbons (Fsp3) is 0.571. The molecule has 3 N–H and O–H groups in total. The van der Waals surface area contributed by atoms with Crippen molar-refractivity contribution in [2.75, 3.05) is 12.8 Å². The summed E-state index contributed by atoms with van der Waals surface area (Å²) in [5.41, 5.74) is 8.06. The molecule has 0 aromatic heterocycles. The van der Waals surface area contributed by atoms with Crippen molar-refractivity contribution < 1.29 is 5.11 Å². The first kappa shape index (κ1) is 15.3. The van der Waals surface area contributed by atoms with Gasteiger partial charge in [0.15, 0.2) is 0 Å². The summed E-state index contributed by atoms with van der Waals surface area (Å²) in [4.78, 5) is 2.34. The Bertz CT molecular complexity index is 445. The summed E-state index contributed by atoms with van der Waals surface area (Å²) in [5, 5.41) is 9.56. The van der Waals surface area contributed by atoms with Gasteiger partial charge < -0.3 is 10.8 Å². The first-order valence-corrected chi connectivity index (χ1v) is 8.17. The average Bonchev–Trinajstić information content (AvgIpc) is 2.36. The number of hydrogen-bond acceptors (Lipinski definition) is 3. The Hall–Kier alpha value is -0.100. The van der Waals surface area contributed by atoms with Crippen molar-refractivity contribution in [1.82, 2.24) is 4.90 Å². The molecular weight excluding hydrogens is 372 g/mol. The molecule has 0 radical (unpaired) electrons. The molecule has 19 heavy (non-hydrogen) atoms. The number of nitrogens with zero attached hydrogens (tertiary/aromatic N) is 1. The van der Waals surface area contributed by atoms with Crippen LogP contribution in [0.5, 0.6) is 0 Å². The van der Waals surface area contributed by atoms with E-state index in [1.807, 2.05) is 6.07 Å². The minimum Gasteiger partial charge on any atom is -0.398 e. The summed E-state index contributed by atoms with van der Waals surface area (Å²) in [6.45, 7) is 0.838. The Morgan fingerprint density at radius 1 is 1.26 bits per heavy atom. The maximum atomic E-state index is 9.56. The fourth-order valence-corrected chi connectivity index (χ4v) is 3.98. The summed E-state index contributed by atoms with van der Waals surface area (Å²) in [7, 11) is 2.14. The molecule has 0 unspecified atom stereocenters. The quantitative estimate of drug-likeness (QED) is 0.775. The molecule has 0 bridgehead atoms. The average molecular weight is 392 g/mol. The molecule has 1 aliphatic carbocycles. The van der Waals surface area contributed by atoms with Gasteiger partial charge in [-0.3, -0.25) is 4.90 Å². The molecule has 106 valence electrons. The zero-order valence-corrected chi connectivity index (χ0v) is 14.2. The lowest BCUT2D eigenvalue weighted by Gasteiger charge is -2.33. The van der Waals surface area contributed by atoms with Gasteiger partial charge in [-0.15, -0.1) is 0 Å². The van der Waals surface area contributed by atoms with Gasteiger partial charge in [0, 0.05) is 21.5 Å². The van der Waals surface area contributed by atoms with Gasteiger partial charge in [-0.1, -0.05) is 15.9 Å². The number of benzene rings is 1. The van der Waals surface area contributed by atoms with Crippen molar-refractivity contribution in [1.29, 1.82) is 0 Å². The SMILES string of the molecule is CN(Cc1cc(Br)cc(Br)c1N)[C@H]1CC[C@H](O)CC1. The molecule has 0 spiro atoms. The van der Waals surface area contributed by atoms with Crippen molar-refractivity contribution in [3.05, 3.63) is 26.6 Å². The van der Waals surface area contributed by atoms with Gasteiger partial charge in [0.05, 0.1) is 11.8 Å². The number of nitrogens with two attached hydrogens (primary N) is 1. The smallest absolute Gasteiger partial charge is 0.0541 e. The van der Waals surface area contributed by atoms with E-state index in [-0.39, 0.29) is 6.10 Å². The van der Waals surface area contributed by atoms with Crippen molar-refractivity contribution in [3.8, 4) is 0 Å². The van der Waals surface area contributed by atoms with Crippen LogP contribution >= 0.6 is 31.9 Å². The Morgan fingerprint density at radius 3 is 2.53 bits per heavy atom. The minimum atomic E-state index is -0.102. The molecule has 1 fully saturated rings. The molecule has 3 nitrogen and oxygen atoms in total. The lowest BCUT2D eigenvalue weighted by atomic mass is 9.92. The highest BCUT2D eigenvalue weighted by Gasteiger charge is 2.23. The van der Waals surface area contributed by atoms with Crippen molar-refractivity contribution in [2.24, 2.45) is 0 Å². The second kappa shape index (κ2) is 6.57. The summed E-state index contributed by atoms with van der Waals surface area (Å²) in [6, 6.07) is 4.59. The maximum absolute atomic E-state index is 9.56. The van der Waals surface area contributed by atoms with Crippen LogP contribution in [-0.4, -0.2) is 29.2 Å². The Morgan fingerprint density at radius 2 is 1.89 bits per heavy atom. The fourth-order valence-electron chi connectivity index (χ4n) is 2.67. The van der Waals surface area contributed by atoms with Gasteiger partial charge in [-0.2, -0.15) is 0 Å². The van der Waals surface area contributed by atoms with Crippen molar-refractivity contribution >= 4 is 37.5 Å². The van der Waals surface area contributed by atoms with Crippen LogP contribution in [0, 0.1) is 0 Å². The normalized spacial score (nSPS) is 23.8. The first-order valence-electron chi connectivity index (χ1n) is 6.59. The molecule has 1 saturated carbocycles. The van der Waals surface area contributed by atoms with Gasteiger partial charge in [-0.25, -0.2) is 0 Å².